The molecule has 1 saturated carbocycles. The number of benzene rings is 2. The van der Waals surface area contributed by atoms with Gasteiger partial charge in [0.2, 0.25) is 11.8 Å². The number of carbonyl (C=O) groups is 4. The van der Waals surface area contributed by atoms with Crippen LogP contribution in [0.25, 0.3) is 32.1 Å². The van der Waals surface area contributed by atoms with Gasteiger partial charge in [-0.15, -0.1) is 11.3 Å². The molecule has 14 nitrogen and oxygen atoms in total. The number of methoxy groups -OCH3 is 2. The van der Waals surface area contributed by atoms with Gasteiger partial charge in [-0.05, 0) is 115 Å². The molecule has 2 aromatic heterocycles. The summed E-state index contributed by atoms with van der Waals surface area (Å²) in [6, 6.07) is 13.4. The van der Waals surface area contributed by atoms with E-state index in [2.05, 4.69) is 63.4 Å². The Morgan fingerprint density at radius 1 is 0.806 bits per heavy atom. The van der Waals surface area contributed by atoms with Crippen LogP contribution in [-0.4, -0.2) is 95.4 Å². The average molecular weight is 864 g/mol. The molecule has 0 radical (unpaired) electrons. The Labute approximate surface area is 366 Å². The van der Waals surface area contributed by atoms with Crippen molar-refractivity contribution in [3.05, 3.63) is 65.6 Å². The summed E-state index contributed by atoms with van der Waals surface area (Å²) in [5.74, 6) is 2.35. The van der Waals surface area contributed by atoms with Crippen molar-refractivity contribution in [2.45, 2.75) is 109 Å². The molecular weight excluding hydrogens is 807 g/mol. The summed E-state index contributed by atoms with van der Waals surface area (Å²) in [4.78, 5) is 66.2. The third-order valence-electron chi connectivity index (χ3n) is 13.7. The molecule has 0 bridgehead atoms. The second kappa shape index (κ2) is 16.9. The number of H-pyrrole nitrogens is 1. The number of amides is 4. The summed E-state index contributed by atoms with van der Waals surface area (Å²) < 4.78 is 16.1. The van der Waals surface area contributed by atoms with Gasteiger partial charge in [-0.2, -0.15) is 0 Å². The van der Waals surface area contributed by atoms with E-state index >= 15 is 0 Å². The molecule has 62 heavy (non-hydrogen) atoms. The van der Waals surface area contributed by atoms with Crippen LogP contribution in [0.15, 0.2) is 48.7 Å². The molecule has 9 rings (SSSR count). The number of thiophene rings is 1. The van der Waals surface area contributed by atoms with Crippen molar-refractivity contribution in [2.75, 3.05) is 32.6 Å². The van der Waals surface area contributed by atoms with E-state index < -0.39 is 30.5 Å². The van der Waals surface area contributed by atoms with Gasteiger partial charge in [-0.3, -0.25) is 9.59 Å². The summed E-state index contributed by atoms with van der Waals surface area (Å²) in [5.41, 5.74) is 8.18. The van der Waals surface area contributed by atoms with Crippen LogP contribution in [-0.2, 0) is 25.5 Å². The highest BCUT2D eigenvalue weighted by molar-refractivity contribution is 7.19. The number of alkyl carbamates (subject to hydrolysis) is 2. The van der Waals surface area contributed by atoms with Crippen molar-refractivity contribution >= 4 is 41.0 Å². The number of hydrogen-bond donors (Lipinski definition) is 4. The third kappa shape index (κ3) is 7.55. The van der Waals surface area contributed by atoms with Crippen molar-refractivity contribution in [3.63, 3.8) is 0 Å². The van der Waals surface area contributed by atoms with Crippen LogP contribution in [0.5, 0.6) is 5.75 Å². The van der Waals surface area contributed by atoms with Crippen molar-refractivity contribution in [1.29, 1.82) is 0 Å². The molecule has 5 heterocycles. The molecule has 4 amide bonds. The summed E-state index contributed by atoms with van der Waals surface area (Å²) >= 11 is 1.87. The van der Waals surface area contributed by atoms with E-state index in [0.717, 1.165) is 66.2 Å². The van der Waals surface area contributed by atoms with Gasteiger partial charge in [-0.25, -0.2) is 14.6 Å². The van der Waals surface area contributed by atoms with Crippen molar-refractivity contribution in [3.8, 4) is 37.9 Å². The Bertz CT molecular complexity index is 2360. The van der Waals surface area contributed by atoms with E-state index in [0.29, 0.717) is 24.9 Å². The van der Waals surface area contributed by atoms with Crippen LogP contribution >= 0.6 is 11.3 Å². The number of imidazole rings is 1. The summed E-state index contributed by atoms with van der Waals surface area (Å²) in [6.07, 6.45) is 7.11. The molecule has 0 spiro atoms. The number of aromatic nitrogens is 2. The number of anilines is 1. The molecule has 2 aliphatic carbocycles. The van der Waals surface area contributed by atoms with Crippen LogP contribution < -0.4 is 20.7 Å². The lowest BCUT2D eigenvalue weighted by atomic mass is 9.74. The topological polar surface area (TPSA) is 167 Å². The first-order chi connectivity index (χ1) is 29.9. The number of fused-ring (bicyclic) bond motifs is 4. The van der Waals surface area contributed by atoms with E-state index in [4.69, 9.17) is 19.2 Å². The Balaban J connectivity index is 0.925. The minimum atomic E-state index is -0.687. The molecule has 15 heteroatoms. The number of nitrogens with one attached hydrogen (secondary N) is 4. The van der Waals surface area contributed by atoms with Crippen LogP contribution in [0.2, 0.25) is 0 Å². The zero-order chi connectivity index (χ0) is 43.4. The third-order valence-corrected chi connectivity index (χ3v) is 15.1. The Morgan fingerprint density at radius 2 is 1.45 bits per heavy atom. The highest BCUT2D eigenvalue weighted by Gasteiger charge is 2.45. The van der Waals surface area contributed by atoms with E-state index in [1.54, 1.807) is 0 Å². The van der Waals surface area contributed by atoms with Crippen molar-refractivity contribution < 1.29 is 33.4 Å². The summed E-state index contributed by atoms with van der Waals surface area (Å²) in [6.45, 7) is 8.88. The van der Waals surface area contributed by atoms with E-state index in [9.17, 15) is 19.2 Å². The molecule has 4 aromatic rings. The molecule has 4 N–H and O–H groups in total. The number of aromatic amines is 1. The molecule has 3 fully saturated rings. The summed E-state index contributed by atoms with van der Waals surface area (Å²) in [5, 5.41) is 9.08. The molecule has 2 saturated heterocycles. The van der Waals surface area contributed by atoms with Gasteiger partial charge in [-0.1, -0.05) is 52.0 Å². The lowest BCUT2D eigenvalue weighted by molar-refractivity contribution is -0.136. The van der Waals surface area contributed by atoms with Gasteiger partial charge >= 0.3 is 12.2 Å². The van der Waals surface area contributed by atoms with Crippen LogP contribution in [0, 0.1) is 17.8 Å². The fourth-order valence-electron chi connectivity index (χ4n) is 10.3. The Kier molecular flexibility index (Phi) is 11.4. The van der Waals surface area contributed by atoms with Gasteiger partial charge in [0.15, 0.2) is 6.23 Å². The molecule has 328 valence electrons. The van der Waals surface area contributed by atoms with Gasteiger partial charge in [0.05, 0.1) is 43.9 Å². The predicted molar refractivity (Wildman–Crippen MR) is 237 cm³/mol. The lowest BCUT2D eigenvalue weighted by Gasteiger charge is -2.33. The fraction of sp³-hybridized carbons (Fsp3) is 0.511. The van der Waals surface area contributed by atoms with Gasteiger partial charge in [0.1, 0.15) is 23.7 Å². The first-order valence-electron chi connectivity index (χ1n) is 22.1. The highest BCUT2D eigenvalue weighted by Crippen LogP contribution is 2.59. The van der Waals surface area contributed by atoms with Crippen LogP contribution in [0.4, 0.5) is 15.3 Å². The number of ether oxygens (including phenoxy) is 3. The van der Waals surface area contributed by atoms with Crippen LogP contribution in [0.1, 0.15) is 95.1 Å². The average Bonchev–Trinajstić information content (AvgIpc) is 4.12. The number of nitrogens with zero attached hydrogens (tertiary/aromatic N) is 3. The SMILES string of the molecule is COC(=O)N[C@H](C(=O)N1CCC[C@H]1c1ncc(-c2ccc(-c3sc(-c4ccc5c(c4)NC([C@@H]4CCCN4C(=O)[C@@H](NC(=O)OC)C(C)C)O5)c4c3C3CCC3C4)cc2)[nH]1)C(C)C. The Morgan fingerprint density at radius 3 is 2.11 bits per heavy atom. The maximum atomic E-state index is 13.8. The molecule has 5 aliphatic rings. The fourth-order valence-corrected chi connectivity index (χ4v) is 11.7. The molecule has 3 unspecified atom stereocenters. The maximum Gasteiger partial charge on any atom is 0.407 e. The maximum absolute atomic E-state index is 13.8. The number of rotatable bonds is 11. The van der Waals surface area contributed by atoms with Gasteiger partial charge < -0.3 is 44.9 Å². The molecule has 2 aromatic carbocycles. The quantitative estimate of drug-likeness (QED) is 0.117. The van der Waals surface area contributed by atoms with Crippen LogP contribution in [0.3, 0.4) is 0 Å². The second-order valence-corrected chi connectivity index (χ2v) is 19.1. The van der Waals surface area contributed by atoms with E-state index in [1.807, 2.05) is 55.0 Å². The first kappa shape index (κ1) is 41.8. The smallest absolute Gasteiger partial charge is 0.407 e. The monoisotopic (exact) mass is 863 g/mol. The first-order valence-corrected chi connectivity index (χ1v) is 22.9. The number of carbonyl (C=O) groups excluding carboxylic acids is 4. The standard InChI is InChI=1S/C47H57N7O7S/c1-24(2)38(51-46(57)59-5)44(55)53-19-7-9-34(53)42-48-23-33(49-42)26-11-13-27(14-12-26)41-37-30-17-15-28(30)21-31(37)40(62-41)29-16-18-36-32(22-29)50-43(61-36)35-10-8-20-54(35)45(56)39(25(3)4)52-47(58)60-6/h11-14,16,18,22-25,28,30,34-35,38-39,43,50H,7-10,15,17,19-21H2,1-6H3,(H,48,49)(H,51,57)(H,52,58)/t28?,30?,34-,35-,38-,39-,43?/m0/s1. The largest absolute Gasteiger partial charge is 0.466 e. The molecular formula is C47H57N7O7S. The molecule has 7 atom stereocenters. The zero-order valence-corrected chi connectivity index (χ0v) is 37.1. The lowest BCUT2D eigenvalue weighted by Crippen LogP contribution is -2.55. The zero-order valence-electron chi connectivity index (χ0n) is 36.3. The van der Waals surface area contributed by atoms with Gasteiger partial charge in [0, 0.05) is 22.8 Å². The Hall–Kier alpha value is -5.57. The minimum absolute atomic E-state index is 0.103. The summed E-state index contributed by atoms with van der Waals surface area (Å²) in [7, 11) is 2.61. The van der Waals surface area contributed by atoms with E-state index in [1.165, 1.54) is 53.5 Å². The van der Waals surface area contributed by atoms with Crippen molar-refractivity contribution in [1.82, 2.24) is 30.4 Å². The number of hydrogen-bond acceptors (Lipinski definition) is 10. The van der Waals surface area contributed by atoms with E-state index in [-0.39, 0.29) is 35.7 Å². The number of likely N-dealkylation sites (tertiary alicyclic amines) is 2. The van der Waals surface area contributed by atoms with Gasteiger partial charge in [0.25, 0.3) is 0 Å². The minimum Gasteiger partial charge on any atom is -0.466 e. The second-order valence-electron chi connectivity index (χ2n) is 18.1. The highest BCUT2D eigenvalue weighted by atomic mass is 32.1. The molecule has 3 aliphatic heterocycles. The van der Waals surface area contributed by atoms with Crippen molar-refractivity contribution in [2.24, 2.45) is 17.8 Å². The predicted octanol–water partition coefficient (Wildman–Crippen LogP) is 8.07. The normalized spacial score (nSPS) is 23.2.